The van der Waals surface area contributed by atoms with Crippen molar-refractivity contribution in [2.45, 2.75) is 13.0 Å². The van der Waals surface area contributed by atoms with Crippen LogP contribution >= 0.6 is 0 Å². The Morgan fingerprint density at radius 1 is 1.26 bits per heavy atom. The van der Waals surface area contributed by atoms with E-state index in [1.54, 1.807) is 25.5 Å². The number of anilines is 2. The first-order valence-corrected chi connectivity index (χ1v) is 10.0. The maximum atomic E-state index is 14.4. The van der Waals surface area contributed by atoms with Crippen LogP contribution in [0.5, 0.6) is 0 Å². The number of amides is 1. The minimum Gasteiger partial charge on any atom is -0.353 e. The number of aryl methyl sites for hydroxylation is 1. The number of fused-ring (bicyclic) bond motifs is 2. The van der Waals surface area contributed by atoms with Gasteiger partial charge in [0.05, 0.1) is 16.5 Å². The molecule has 1 unspecified atom stereocenters. The first-order chi connectivity index (χ1) is 15.0. The average molecular weight is 420 g/mol. The Balaban J connectivity index is 1.50. The third kappa shape index (κ3) is 3.55. The van der Waals surface area contributed by atoms with E-state index >= 15 is 0 Å². The molecule has 0 spiro atoms. The van der Waals surface area contributed by atoms with Gasteiger partial charge in [-0.3, -0.25) is 9.48 Å². The lowest BCUT2D eigenvalue weighted by Crippen LogP contribution is -2.49. The normalized spacial score (nSPS) is 16.7. The minimum atomic E-state index is -0.498. The molecule has 1 amide bonds. The molecule has 0 radical (unpaired) electrons. The van der Waals surface area contributed by atoms with E-state index in [4.69, 9.17) is 0 Å². The molecule has 158 valence electrons. The predicted octanol–water partition coefficient (Wildman–Crippen LogP) is 2.10. The summed E-state index contributed by atoms with van der Waals surface area (Å²) in [5.74, 6) is -0.163. The molecule has 0 bridgehead atoms. The molecule has 31 heavy (non-hydrogen) atoms. The lowest BCUT2D eigenvalue weighted by atomic mass is 10.1. The molecule has 1 aliphatic heterocycles. The third-order valence-corrected chi connectivity index (χ3v) is 5.37. The Morgan fingerprint density at radius 3 is 2.97 bits per heavy atom. The first-order valence-electron chi connectivity index (χ1n) is 10.0. The fourth-order valence-electron chi connectivity index (χ4n) is 3.99. The number of hydrogen-bond acceptors (Lipinski definition) is 7. The van der Waals surface area contributed by atoms with Crippen LogP contribution in [-0.4, -0.2) is 56.3 Å². The third-order valence-electron chi connectivity index (χ3n) is 5.37. The number of aromatic nitrogens is 5. The van der Waals surface area contributed by atoms with Gasteiger partial charge in [0.15, 0.2) is 5.82 Å². The Labute approximate surface area is 177 Å². The zero-order chi connectivity index (χ0) is 21.5. The number of carbonyl (C=O) groups is 1. The summed E-state index contributed by atoms with van der Waals surface area (Å²) in [7, 11) is 1.72. The fourth-order valence-corrected chi connectivity index (χ4v) is 3.99. The molecule has 4 aromatic rings. The van der Waals surface area contributed by atoms with Gasteiger partial charge in [0, 0.05) is 62.4 Å². The van der Waals surface area contributed by atoms with Gasteiger partial charge >= 0.3 is 0 Å². The summed E-state index contributed by atoms with van der Waals surface area (Å²) in [4.78, 5) is 28.3. The summed E-state index contributed by atoms with van der Waals surface area (Å²) < 4.78 is 15.9. The first kappa shape index (κ1) is 19.3. The topological polar surface area (TPSA) is 101 Å². The molecule has 1 atom stereocenters. The molecule has 4 heterocycles. The summed E-state index contributed by atoms with van der Waals surface area (Å²) in [5.41, 5.74) is 1.41. The maximum absolute atomic E-state index is 14.4. The molecular formula is C21H21FN8O. The lowest BCUT2D eigenvalue weighted by Gasteiger charge is -2.33. The summed E-state index contributed by atoms with van der Waals surface area (Å²) in [5, 5.41) is 11.6. The van der Waals surface area contributed by atoms with E-state index in [2.05, 4.69) is 42.5 Å². The second kappa shape index (κ2) is 7.55. The highest BCUT2D eigenvalue weighted by Gasteiger charge is 2.22. The molecule has 1 aliphatic rings. The van der Waals surface area contributed by atoms with Crippen molar-refractivity contribution in [3.05, 3.63) is 48.4 Å². The summed E-state index contributed by atoms with van der Waals surface area (Å²) in [6.45, 7) is 4.57. The van der Waals surface area contributed by atoms with Crippen LogP contribution < -0.4 is 15.5 Å². The second-order valence-electron chi connectivity index (χ2n) is 7.73. The quantitative estimate of drug-likeness (QED) is 0.523. The standard InChI is InChI=1S/C21H21FN8O/c1-12-9-30(4-3-24-12)20-15-7-23-11-26-19(15)16(8-25-20)21(31)27-14-5-13-10-29(2)28-18(13)17(22)6-14/h5-8,10-12,24H,3-4,9H2,1-2H3,(H,27,31). The smallest absolute Gasteiger partial charge is 0.259 e. The molecule has 0 saturated carbocycles. The van der Waals surface area contributed by atoms with Crippen LogP contribution in [0.3, 0.4) is 0 Å². The number of carbonyl (C=O) groups excluding carboxylic acids is 1. The monoisotopic (exact) mass is 420 g/mol. The number of rotatable bonds is 3. The Hall–Kier alpha value is -3.66. The van der Waals surface area contributed by atoms with Crippen molar-refractivity contribution in [2.75, 3.05) is 29.9 Å². The van der Waals surface area contributed by atoms with E-state index in [1.807, 2.05) is 0 Å². The van der Waals surface area contributed by atoms with Gasteiger partial charge in [-0.15, -0.1) is 0 Å². The van der Waals surface area contributed by atoms with E-state index < -0.39 is 11.7 Å². The van der Waals surface area contributed by atoms with E-state index in [9.17, 15) is 9.18 Å². The zero-order valence-corrected chi connectivity index (χ0v) is 17.1. The molecule has 3 aromatic heterocycles. The van der Waals surface area contributed by atoms with Crippen molar-refractivity contribution in [1.82, 2.24) is 30.0 Å². The van der Waals surface area contributed by atoms with Crippen molar-refractivity contribution < 1.29 is 9.18 Å². The van der Waals surface area contributed by atoms with Crippen LogP contribution in [0.1, 0.15) is 17.3 Å². The van der Waals surface area contributed by atoms with E-state index in [0.29, 0.717) is 33.6 Å². The maximum Gasteiger partial charge on any atom is 0.259 e. The summed E-state index contributed by atoms with van der Waals surface area (Å²) in [6, 6.07) is 3.27. The van der Waals surface area contributed by atoms with Gasteiger partial charge in [-0.05, 0) is 19.1 Å². The van der Waals surface area contributed by atoms with Crippen molar-refractivity contribution in [3.8, 4) is 0 Å². The number of nitrogens with one attached hydrogen (secondary N) is 2. The van der Waals surface area contributed by atoms with Crippen LogP contribution in [-0.2, 0) is 7.05 Å². The Bertz CT molecular complexity index is 1300. The number of benzene rings is 1. The number of pyridine rings is 1. The fraction of sp³-hybridized carbons (Fsp3) is 0.286. The molecule has 0 aliphatic carbocycles. The molecule has 1 fully saturated rings. The molecule has 5 rings (SSSR count). The summed E-state index contributed by atoms with van der Waals surface area (Å²) >= 11 is 0. The van der Waals surface area contributed by atoms with Crippen LogP contribution in [0.2, 0.25) is 0 Å². The number of piperazine rings is 1. The van der Waals surface area contributed by atoms with Gasteiger partial charge in [0.2, 0.25) is 0 Å². The van der Waals surface area contributed by atoms with Crippen molar-refractivity contribution in [3.63, 3.8) is 0 Å². The zero-order valence-electron chi connectivity index (χ0n) is 17.1. The highest BCUT2D eigenvalue weighted by atomic mass is 19.1. The molecule has 2 N–H and O–H groups in total. The van der Waals surface area contributed by atoms with Crippen LogP contribution in [0.25, 0.3) is 21.8 Å². The largest absolute Gasteiger partial charge is 0.353 e. The molecule has 1 saturated heterocycles. The van der Waals surface area contributed by atoms with Gasteiger partial charge in [-0.25, -0.2) is 19.3 Å². The van der Waals surface area contributed by atoms with E-state index in [0.717, 1.165) is 25.5 Å². The molecule has 1 aromatic carbocycles. The minimum absolute atomic E-state index is 0.259. The van der Waals surface area contributed by atoms with Gasteiger partial charge in [0.25, 0.3) is 5.91 Å². The van der Waals surface area contributed by atoms with Gasteiger partial charge in [0.1, 0.15) is 17.7 Å². The highest BCUT2D eigenvalue weighted by Crippen LogP contribution is 2.27. The van der Waals surface area contributed by atoms with Crippen molar-refractivity contribution in [1.29, 1.82) is 0 Å². The van der Waals surface area contributed by atoms with Gasteiger partial charge in [-0.1, -0.05) is 0 Å². The summed E-state index contributed by atoms with van der Waals surface area (Å²) in [6.07, 6.45) is 6.30. The van der Waals surface area contributed by atoms with Crippen molar-refractivity contribution >= 4 is 39.2 Å². The number of hydrogen-bond donors (Lipinski definition) is 2. The number of nitrogens with zero attached hydrogens (tertiary/aromatic N) is 6. The van der Waals surface area contributed by atoms with E-state index in [1.165, 1.54) is 23.3 Å². The Kier molecular flexibility index (Phi) is 4.70. The Morgan fingerprint density at radius 2 is 2.13 bits per heavy atom. The van der Waals surface area contributed by atoms with Crippen LogP contribution in [0.15, 0.2) is 37.1 Å². The van der Waals surface area contributed by atoms with E-state index in [-0.39, 0.29) is 5.52 Å². The average Bonchev–Trinajstić information content (AvgIpc) is 3.13. The van der Waals surface area contributed by atoms with Gasteiger partial charge in [-0.2, -0.15) is 5.10 Å². The van der Waals surface area contributed by atoms with Crippen molar-refractivity contribution in [2.24, 2.45) is 7.05 Å². The van der Waals surface area contributed by atoms with Crippen LogP contribution in [0.4, 0.5) is 15.9 Å². The van der Waals surface area contributed by atoms with Crippen LogP contribution in [0, 0.1) is 5.82 Å². The molecule has 9 nitrogen and oxygen atoms in total. The predicted molar refractivity (Wildman–Crippen MR) is 116 cm³/mol. The molecular weight excluding hydrogens is 399 g/mol. The molecule has 10 heteroatoms. The highest BCUT2D eigenvalue weighted by molar-refractivity contribution is 6.13. The second-order valence-corrected chi connectivity index (χ2v) is 7.73. The number of halogens is 1. The van der Waals surface area contributed by atoms with Gasteiger partial charge < -0.3 is 15.5 Å². The lowest BCUT2D eigenvalue weighted by molar-refractivity contribution is 0.102. The SMILES string of the molecule is CC1CN(c2ncc(C(=O)Nc3cc(F)c4nn(C)cc4c3)c3ncncc23)CCN1.